The summed E-state index contributed by atoms with van der Waals surface area (Å²) in [6.07, 6.45) is 1.21. The first kappa shape index (κ1) is 18.5. The van der Waals surface area contributed by atoms with Crippen molar-refractivity contribution in [3.63, 3.8) is 0 Å². The standard InChI is InChI=1S/C20H24N2O3/c1-4-7-19(23)21-16-8-5-6-9-17(16)22-20(24)13-25-18-11-10-14(2)12-15(18)3/h5-6,8-12H,4,7,13H2,1-3H3,(H,21,23)(H,22,24). The summed E-state index contributed by atoms with van der Waals surface area (Å²) in [6.45, 7) is 5.80. The van der Waals surface area contributed by atoms with Crippen LogP contribution in [0.4, 0.5) is 11.4 Å². The van der Waals surface area contributed by atoms with Gasteiger partial charge in [-0.3, -0.25) is 9.59 Å². The van der Waals surface area contributed by atoms with Crippen LogP contribution in [0.1, 0.15) is 30.9 Å². The largest absolute Gasteiger partial charge is 0.483 e. The lowest BCUT2D eigenvalue weighted by molar-refractivity contribution is -0.118. The van der Waals surface area contributed by atoms with Gasteiger partial charge in [-0.1, -0.05) is 36.8 Å². The molecule has 0 spiro atoms. The Hall–Kier alpha value is -2.82. The van der Waals surface area contributed by atoms with Crippen LogP contribution in [0, 0.1) is 13.8 Å². The van der Waals surface area contributed by atoms with Crippen molar-refractivity contribution in [2.75, 3.05) is 17.2 Å². The van der Waals surface area contributed by atoms with Gasteiger partial charge in [0.05, 0.1) is 11.4 Å². The molecule has 25 heavy (non-hydrogen) atoms. The van der Waals surface area contributed by atoms with Crippen LogP contribution in [0.25, 0.3) is 0 Å². The van der Waals surface area contributed by atoms with Crippen LogP contribution < -0.4 is 15.4 Å². The van der Waals surface area contributed by atoms with Crippen LogP contribution >= 0.6 is 0 Å². The summed E-state index contributed by atoms with van der Waals surface area (Å²) in [6, 6.07) is 12.9. The van der Waals surface area contributed by atoms with E-state index in [1.165, 1.54) is 0 Å². The SMILES string of the molecule is CCCC(=O)Nc1ccccc1NC(=O)COc1ccc(C)cc1C. The number of carbonyl (C=O) groups is 2. The molecule has 0 aromatic heterocycles. The van der Waals surface area contributed by atoms with Gasteiger partial charge in [0.1, 0.15) is 5.75 Å². The van der Waals surface area contributed by atoms with E-state index >= 15 is 0 Å². The molecule has 2 amide bonds. The lowest BCUT2D eigenvalue weighted by atomic mass is 10.1. The van der Waals surface area contributed by atoms with Gasteiger partial charge in [-0.05, 0) is 44.0 Å². The molecule has 0 atom stereocenters. The maximum Gasteiger partial charge on any atom is 0.262 e. The maximum atomic E-state index is 12.2. The molecule has 0 fully saturated rings. The summed E-state index contributed by atoms with van der Waals surface area (Å²) in [5.41, 5.74) is 3.27. The van der Waals surface area contributed by atoms with E-state index in [4.69, 9.17) is 4.74 Å². The normalized spacial score (nSPS) is 10.2. The average Bonchev–Trinajstić information content (AvgIpc) is 2.56. The van der Waals surface area contributed by atoms with Crippen LogP contribution in [0.3, 0.4) is 0 Å². The predicted octanol–water partition coefficient (Wildman–Crippen LogP) is 4.06. The molecule has 5 nitrogen and oxygen atoms in total. The molecule has 2 N–H and O–H groups in total. The van der Waals surface area contributed by atoms with E-state index in [9.17, 15) is 9.59 Å². The average molecular weight is 340 g/mol. The summed E-state index contributed by atoms with van der Waals surface area (Å²) in [4.78, 5) is 24.0. The first-order valence-electron chi connectivity index (χ1n) is 8.38. The third kappa shape index (κ3) is 5.64. The van der Waals surface area contributed by atoms with Gasteiger partial charge in [0.15, 0.2) is 6.61 Å². The second kappa shape index (κ2) is 8.87. The van der Waals surface area contributed by atoms with Crippen LogP contribution in [-0.4, -0.2) is 18.4 Å². The molecule has 2 rings (SSSR count). The molecule has 0 saturated heterocycles. The zero-order valence-corrected chi connectivity index (χ0v) is 14.9. The molecule has 0 aliphatic carbocycles. The minimum Gasteiger partial charge on any atom is -0.483 e. The zero-order valence-electron chi connectivity index (χ0n) is 14.9. The van der Waals surface area contributed by atoms with E-state index in [-0.39, 0.29) is 18.4 Å². The third-order valence-corrected chi connectivity index (χ3v) is 3.64. The van der Waals surface area contributed by atoms with Crippen molar-refractivity contribution in [1.29, 1.82) is 0 Å². The first-order valence-corrected chi connectivity index (χ1v) is 8.38. The van der Waals surface area contributed by atoms with Gasteiger partial charge in [0.25, 0.3) is 5.91 Å². The summed E-state index contributed by atoms with van der Waals surface area (Å²) in [5.74, 6) is 0.332. The molecule has 0 radical (unpaired) electrons. The minimum absolute atomic E-state index is 0.0734. The number of nitrogens with one attached hydrogen (secondary N) is 2. The number of aryl methyl sites for hydroxylation is 2. The molecular formula is C20H24N2O3. The Balaban J connectivity index is 1.97. The van der Waals surface area contributed by atoms with Crippen molar-refractivity contribution in [3.05, 3.63) is 53.6 Å². The number of rotatable bonds is 7. The van der Waals surface area contributed by atoms with Gasteiger partial charge in [0.2, 0.25) is 5.91 Å². The monoisotopic (exact) mass is 340 g/mol. The highest BCUT2D eigenvalue weighted by atomic mass is 16.5. The lowest BCUT2D eigenvalue weighted by Gasteiger charge is -2.13. The highest BCUT2D eigenvalue weighted by Crippen LogP contribution is 2.22. The van der Waals surface area contributed by atoms with Gasteiger partial charge in [-0.25, -0.2) is 0 Å². The number of para-hydroxylation sites is 2. The molecule has 5 heteroatoms. The number of benzene rings is 2. The minimum atomic E-state index is -0.280. The molecule has 0 aliphatic rings. The zero-order chi connectivity index (χ0) is 18.2. The van der Waals surface area contributed by atoms with E-state index in [1.807, 2.05) is 45.0 Å². The smallest absolute Gasteiger partial charge is 0.262 e. The fourth-order valence-electron chi connectivity index (χ4n) is 2.43. The van der Waals surface area contributed by atoms with Crippen molar-refractivity contribution in [1.82, 2.24) is 0 Å². The van der Waals surface area contributed by atoms with Gasteiger partial charge in [0, 0.05) is 6.42 Å². The van der Waals surface area contributed by atoms with Crippen LogP contribution in [0.5, 0.6) is 5.75 Å². The van der Waals surface area contributed by atoms with Gasteiger partial charge in [-0.2, -0.15) is 0 Å². The second-order valence-corrected chi connectivity index (χ2v) is 5.95. The summed E-state index contributed by atoms with van der Waals surface area (Å²) < 4.78 is 5.59. The highest BCUT2D eigenvalue weighted by molar-refractivity contribution is 5.99. The van der Waals surface area contributed by atoms with Gasteiger partial charge < -0.3 is 15.4 Å². The Labute approximate surface area is 148 Å². The van der Waals surface area contributed by atoms with Gasteiger partial charge in [-0.15, -0.1) is 0 Å². The number of hydrogen-bond donors (Lipinski definition) is 2. The van der Waals surface area contributed by atoms with Crippen molar-refractivity contribution in [2.45, 2.75) is 33.6 Å². The van der Waals surface area contributed by atoms with Crippen LogP contribution in [0.15, 0.2) is 42.5 Å². The molecule has 2 aromatic rings. The fourth-order valence-corrected chi connectivity index (χ4v) is 2.43. The van der Waals surface area contributed by atoms with Gasteiger partial charge >= 0.3 is 0 Å². The van der Waals surface area contributed by atoms with E-state index < -0.39 is 0 Å². The second-order valence-electron chi connectivity index (χ2n) is 5.95. The van der Waals surface area contributed by atoms with Crippen molar-refractivity contribution in [2.24, 2.45) is 0 Å². The molecule has 2 aromatic carbocycles. The molecular weight excluding hydrogens is 316 g/mol. The number of amides is 2. The fraction of sp³-hybridized carbons (Fsp3) is 0.300. The molecule has 132 valence electrons. The number of hydrogen-bond acceptors (Lipinski definition) is 3. The quantitative estimate of drug-likeness (QED) is 0.799. The molecule has 0 unspecified atom stereocenters. The maximum absolute atomic E-state index is 12.2. The molecule has 0 bridgehead atoms. The van der Waals surface area contributed by atoms with E-state index in [0.717, 1.165) is 17.5 Å². The summed E-state index contributed by atoms with van der Waals surface area (Å²) in [7, 11) is 0. The Kier molecular flexibility index (Phi) is 6.57. The van der Waals surface area contributed by atoms with Crippen molar-refractivity contribution >= 4 is 23.2 Å². The summed E-state index contributed by atoms with van der Waals surface area (Å²) in [5, 5.41) is 5.59. The topological polar surface area (TPSA) is 67.4 Å². The number of carbonyl (C=O) groups excluding carboxylic acids is 2. The van der Waals surface area contributed by atoms with Crippen LogP contribution in [-0.2, 0) is 9.59 Å². The van der Waals surface area contributed by atoms with Crippen molar-refractivity contribution in [3.8, 4) is 5.75 Å². The van der Waals surface area contributed by atoms with Crippen molar-refractivity contribution < 1.29 is 14.3 Å². The Bertz CT molecular complexity index is 756. The van der Waals surface area contributed by atoms with E-state index in [1.54, 1.807) is 18.2 Å². The Morgan fingerprint density at radius 3 is 2.20 bits per heavy atom. The van der Waals surface area contributed by atoms with E-state index in [2.05, 4.69) is 10.6 Å². The molecule has 0 saturated carbocycles. The Morgan fingerprint density at radius 1 is 0.960 bits per heavy atom. The first-order chi connectivity index (χ1) is 12.0. The lowest BCUT2D eigenvalue weighted by Crippen LogP contribution is -2.22. The predicted molar refractivity (Wildman–Crippen MR) is 100 cm³/mol. The van der Waals surface area contributed by atoms with Crippen LogP contribution in [0.2, 0.25) is 0 Å². The number of ether oxygens (including phenoxy) is 1. The third-order valence-electron chi connectivity index (χ3n) is 3.64. The van der Waals surface area contributed by atoms with E-state index in [0.29, 0.717) is 23.5 Å². The molecule has 0 heterocycles. The Morgan fingerprint density at radius 2 is 1.60 bits per heavy atom. The highest BCUT2D eigenvalue weighted by Gasteiger charge is 2.10. The number of anilines is 2. The summed E-state index contributed by atoms with van der Waals surface area (Å²) >= 11 is 0. The molecule has 0 aliphatic heterocycles.